The van der Waals surface area contributed by atoms with Crippen molar-refractivity contribution in [1.82, 2.24) is 14.8 Å². The zero-order valence-corrected chi connectivity index (χ0v) is 30.7. The summed E-state index contributed by atoms with van der Waals surface area (Å²) in [6, 6.07) is 6.32. The average molecular weight is 702 g/mol. The minimum absolute atomic E-state index is 0.116. The van der Waals surface area contributed by atoms with Crippen molar-refractivity contribution in [3.05, 3.63) is 52.9 Å². The van der Waals surface area contributed by atoms with Crippen LogP contribution in [0.1, 0.15) is 134 Å². The van der Waals surface area contributed by atoms with Gasteiger partial charge in [0, 0.05) is 22.7 Å². The first-order chi connectivity index (χ1) is 23.7. The van der Waals surface area contributed by atoms with Gasteiger partial charge in [-0.3, -0.25) is 14.7 Å². The number of thioether (sulfide) groups is 1. The summed E-state index contributed by atoms with van der Waals surface area (Å²) < 4.78 is 47.3. The Morgan fingerprint density at radius 2 is 1.47 bits per heavy atom. The molecule has 0 amide bonds. The fourth-order valence-corrected chi connectivity index (χ4v) is 9.36. The van der Waals surface area contributed by atoms with E-state index in [2.05, 4.69) is 20.9 Å². The van der Waals surface area contributed by atoms with E-state index >= 15 is 0 Å². The monoisotopic (exact) mass is 701 g/mol. The van der Waals surface area contributed by atoms with Crippen LogP contribution in [0.5, 0.6) is 0 Å². The van der Waals surface area contributed by atoms with Crippen LogP contribution < -0.4 is 0 Å². The molecule has 9 heteroatoms. The molecule has 3 aliphatic heterocycles. The lowest BCUT2D eigenvalue weighted by atomic mass is 9.77. The van der Waals surface area contributed by atoms with Crippen molar-refractivity contribution in [1.29, 1.82) is 0 Å². The summed E-state index contributed by atoms with van der Waals surface area (Å²) in [7, 11) is 0. The van der Waals surface area contributed by atoms with Gasteiger partial charge in [0.2, 0.25) is 5.12 Å². The van der Waals surface area contributed by atoms with Crippen LogP contribution in [0.4, 0.5) is 13.2 Å². The number of hydrogen-bond acceptors (Lipinski definition) is 6. The van der Waals surface area contributed by atoms with E-state index in [1.807, 2.05) is 13.8 Å². The van der Waals surface area contributed by atoms with Crippen LogP contribution in [0.15, 0.2) is 41.8 Å². The fourth-order valence-electron chi connectivity index (χ4n) is 8.41. The second-order valence-electron chi connectivity index (χ2n) is 14.6. The van der Waals surface area contributed by atoms with Gasteiger partial charge in [0.25, 0.3) is 0 Å². The Labute approximate surface area is 296 Å². The molecule has 1 aromatic carbocycles. The molecule has 2 aromatic rings. The number of carbonyl (C=O) groups excluding carboxylic acids is 1. The molecule has 0 N–H and O–H groups in total. The third-order valence-electron chi connectivity index (χ3n) is 11.1. The minimum atomic E-state index is -4.39. The highest BCUT2D eigenvalue weighted by Gasteiger charge is 2.40. The zero-order chi connectivity index (χ0) is 34.7. The maximum absolute atomic E-state index is 13.7. The lowest BCUT2D eigenvalue weighted by Gasteiger charge is -2.46. The molecule has 2 fully saturated rings. The van der Waals surface area contributed by atoms with Gasteiger partial charge in [-0.2, -0.15) is 13.2 Å². The lowest BCUT2D eigenvalue weighted by molar-refractivity contribution is -0.137. The number of halogens is 3. The van der Waals surface area contributed by atoms with Gasteiger partial charge < -0.3 is 9.64 Å². The van der Waals surface area contributed by atoms with Crippen molar-refractivity contribution in [2.24, 2.45) is 0 Å². The van der Waals surface area contributed by atoms with E-state index < -0.39 is 11.7 Å². The molecule has 0 bridgehead atoms. The van der Waals surface area contributed by atoms with E-state index in [4.69, 9.17) is 4.74 Å². The number of ether oxygens (including phenoxy) is 1. The summed E-state index contributed by atoms with van der Waals surface area (Å²) in [5.41, 5.74) is 1.52. The molecular formula is C40H58F3N3O2S. The molecule has 5 rings (SSSR count). The number of fused-ring (bicyclic) bond motifs is 1. The predicted molar refractivity (Wildman–Crippen MR) is 196 cm³/mol. The molecule has 2 saturated heterocycles. The first kappa shape index (κ1) is 38.1. The highest BCUT2D eigenvalue weighted by atomic mass is 32.2. The van der Waals surface area contributed by atoms with Crippen LogP contribution in [0.2, 0.25) is 0 Å². The molecular weight excluding hydrogens is 644 g/mol. The summed E-state index contributed by atoms with van der Waals surface area (Å²) in [6.45, 7) is 10.1. The van der Waals surface area contributed by atoms with Gasteiger partial charge >= 0.3 is 6.18 Å². The number of benzene rings is 1. The topological polar surface area (TPSA) is 45.7 Å². The molecule has 5 nitrogen and oxygen atoms in total. The van der Waals surface area contributed by atoms with E-state index in [0.717, 1.165) is 94.1 Å². The standard InChI is InChI=1S/C40H58F3N3O2S/c1-31-37(32(2)49-38(31)47)48-29-16-10-4-3-5-11-21-39(46-27-14-8-9-15-28-46,22-17-26-45-24-12-6-7-13-25-45)35-20-23-44-36-30-33(40(41,42)43)18-19-34(35)36/h18-20,23,30,32H,3-17,21-22,24-29H2,1-2H3. The number of likely N-dealkylation sites (tertiary alicyclic amines) is 2. The molecule has 49 heavy (non-hydrogen) atoms. The first-order valence-corrected chi connectivity index (χ1v) is 20.1. The van der Waals surface area contributed by atoms with E-state index in [0.29, 0.717) is 12.1 Å². The summed E-state index contributed by atoms with van der Waals surface area (Å²) in [5.74, 6) is 0.856. The quantitative estimate of drug-likeness (QED) is 0.162. The molecule has 4 heterocycles. The van der Waals surface area contributed by atoms with Gasteiger partial charge in [0.15, 0.2) is 0 Å². The van der Waals surface area contributed by atoms with E-state index in [9.17, 15) is 18.0 Å². The Hall–Kier alpha value is -2.10. The molecule has 0 spiro atoms. The van der Waals surface area contributed by atoms with Crippen molar-refractivity contribution >= 4 is 27.8 Å². The lowest BCUT2D eigenvalue weighted by Crippen LogP contribution is -2.47. The van der Waals surface area contributed by atoms with Gasteiger partial charge in [-0.1, -0.05) is 75.6 Å². The molecule has 0 radical (unpaired) electrons. The third-order valence-corrected chi connectivity index (χ3v) is 12.2. The zero-order valence-electron chi connectivity index (χ0n) is 29.9. The number of rotatable bonds is 16. The Kier molecular flexibility index (Phi) is 14.3. The van der Waals surface area contributed by atoms with Crippen molar-refractivity contribution in [2.75, 3.05) is 39.3 Å². The molecule has 0 saturated carbocycles. The van der Waals surface area contributed by atoms with Crippen LogP contribution in [0.3, 0.4) is 0 Å². The number of aromatic nitrogens is 1. The van der Waals surface area contributed by atoms with Crippen LogP contribution in [-0.2, 0) is 21.2 Å². The Balaban J connectivity index is 1.30. The van der Waals surface area contributed by atoms with Gasteiger partial charge in [0.05, 0.1) is 22.9 Å². The maximum Gasteiger partial charge on any atom is 0.416 e. The van der Waals surface area contributed by atoms with Crippen LogP contribution in [0, 0.1) is 0 Å². The van der Waals surface area contributed by atoms with Gasteiger partial charge in [-0.05, 0) is 122 Å². The fraction of sp³-hybridized carbons (Fsp3) is 0.700. The largest absolute Gasteiger partial charge is 0.496 e. The van der Waals surface area contributed by atoms with Crippen molar-refractivity contribution in [2.45, 2.75) is 140 Å². The third kappa shape index (κ3) is 10.2. The van der Waals surface area contributed by atoms with Crippen LogP contribution in [0.25, 0.3) is 10.9 Å². The average Bonchev–Trinajstić information content (AvgIpc) is 3.40. The molecule has 2 atom stereocenters. The predicted octanol–water partition coefficient (Wildman–Crippen LogP) is 10.7. The molecule has 3 aliphatic rings. The van der Waals surface area contributed by atoms with Crippen molar-refractivity contribution < 1.29 is 22.7 Å². The van der Waals surface area contributed by atoms with Gasteiger partial charge in [-0.25, -0.2) is 0 Å². The maximum atomic E-state index is 13.7. The number of unbranched alkanes of at least 4 members (excludes halogenated alkanes) is 5. The first-order valence-electron chi connectivity index (χ1n) is 19.2. The van der Waals surface area contributed by atoms with Crippen LogP contribution in [-0.4, -0.2) is 64.5 Å². The second kappa shape index (κ2) is 18.4. The molecule has 272 valence electrons. The summed E-state index contributed by atoms with van der Waals surface area (Å²) in [4.78, 5) is 21.8. The minimum Gasteiger partial charge on any atom is -0.496 e. The Bertz CT molecular complexity index is 1380. The van der Waals surface area contributed by atoms with Crippen molar-refractivity contribution in [3.8, 4) is 0 Å². The number of alkyl halides is 3. The number of nitrogens with zero attached hydrogens (tertiary/aromatic N) is 3. The summed E-state index contributed by atoms with van der Waals surface area (Å²) >= 11 is 1.35. The van der Waals surface area contributed by atoms with Crippen molar-refractivity contribution in [3.63, 3.8) is 0 Å². The molecule has 2 unspecified atom stereocenters. The number of pyridine rings is 1. The highest BCUT2D eigenvalue weighted by Crippen LogP contribution is 2.44. The van der Waals surface area contributed by atoms with Gasteiger partial charge in [-0.15, -0.1) is 0 Å². The second-order valence-corrected chi connectivity index (χ2v) is 16.0. The van der Waals surface area contributed by atoms with E-state index in [1.165, 1.54) is 93.9 Å². The summed E-state index contributed by atoms with van der Waals surface area (Å²) in [6.07, 6.45) is 17.1. The smallest absolute Gasteiger partial charge is 0.416 e. The van der Waals surface area contributed by atoms with Crippen LogP contribution >= 0.6 is 11.8 Å². The number of hydrogen-bond donors (Lipinski definition) is 0. The summed E-state index contributed by atoms with van der Waals surface area (Å²) in [5, 5.41) is 1.12. The van der Waals surface area contributed by atoms with Gasteiger partial charge in [0.1, 0.15) is 5.76 Å². The van der Waals surface area contributed by atoms with E-state index in [-0.39, 0.29) is 15.9 Å². The molecule has 0 aliphatic carbocycles. The normalized spacial score (nSPS) is 21.6. The van der Waals surface area contributed by atoms with E-state index in [1.54, 1.807) is 12.3 Å². The Morgan fingerprint density at radius 3 is 2.12 bits per heavy atom. The SMILES string of the molecule is CC1=C(OCCCCCCCCC(CCCN2CCCCCC2)(c2ccnc3cc(C(F)(F)F)ccc23)N2CCCCCC2)C(C)SC1=O. The molecule has 1 aromatic heterocycles. The Morgan fingerprint density at radius 1 is 0.837 bits per heavy atom. The number of carbonyl (C=O) groups is 1. The highest BCUT2D eigenvalue weighted by molar-refractivity contribution is 8.15.